The van der Waals surface area contributed by atoms with Crippen molar-refractivity contribution in [3.8, 4) is 11.5 Å². The maximum atomic E-state index is 13.7. The molecule has 0 saturated heterocycles. The molecule has 2 aliphatic heterocycles. The molecule has 5 nitrogen and oxygen atoms in total. The lowest BCUT2D eigenvalue weighted by molar-refractivity contribution is -0.0121. The summed E-state index contributed by atoms with van der Waals surface area (Å²) >= 11 is 0. The van der Waals surface area contributed by atoms with Crippen LogP contribution >= 0.6 is 0 Å². The Kier molecular flexibility index (Phi) is 4.07. The Balaban J connectivity index is 2.21. The van der Waals surface area contributed by atoms with Crippen LogP contribution in [0.2, 0.25) is 0 Å². The van der Waals surface area contributed by atoms with Crippen molar-refractivity contribution in [3.05, 3.63) is 39.3 Å². The molecule has 0 bridgehead atoms. The lowest BCUT2D eigenvalue weighted by atomic mass is 9.69. The number of aryl methyl sites for hydroxylation is 1. The van der Waals surface area contributed by atoms with E-state index in [1.807, 2.05) is 53.7 Å². The number of ether oxygens (including phenoxy) is 2. The molecule has 154 valence electrons. The molecule has 1 aromatic heterocycles. The van der Waals surface area contributed by atoms with E-state index in [2.05, 4.69) is 6.92 Å². The average Bonchev–Trinajstić information content (AvgIpc) is 2.58. The molecule has 0 atom stereocenters. The van der Waals surface area contributed by atoms with E-state index < -0.39 is 22.2 Å². The molecule has 0 aliphatic carbocycles. The minimum Gasteiger partial charge on any atom is -0.485 e. The lowest BCUT2D eigenvalue weighted by Gasteiger charge is -2.45. The minimum absolute atomic E-state index is 0.0911. The number of rotatable bonds is 2. The second-order valence-electron chi connectivity index (χ2n) is 9.60. The van der Waals surface area contributed by atoms with Crippen LogP contribution in [0, 0.1) is 5.41 Å². The fourth-order valence-electron chi connectivity index (χ4n) is 4.03. The number of carbonyl (C=O) groups is 1. The Morgan fingerprint density at radius 1 is 0.966 bits per heavy atom. The summed E-state index contributed by atoms with van der Waals surface area (Å²) in [6, 6.07) is 1.51. The molecule has 4 rings (SSSR count). The van der Waals surface area contributed by atoms with Gasteiger partial charge in [-0.2, -0.15) is 0 Å². The minimum atomic E-state index is -0.793. The summed E-state index contributed by atoms with van der Waals surface area (Å²) < 4.78 is 18.4. The average molecular weight is 396 g/mol. The molecule has 1 aromatic carbocycles. The first-order valence-electron chi connectivity index (χ1n) is 10.2. The standard InChI is InChI=1S/C24H28O5/c1-8-9-13-12-15(25)27-20-16(13)18-14(10-11-22(2,3)28-18)19-17(20)21(26)23(4,5)24(6,7)29-19/h10-12H,8-9H2,1-7H3. The van der Waals surface area contributed by atoms with Crippen molar-refractivity contribution in [1.29, 1.82) is 0 Å². The molecular weight excluding hydrogens is 368 g/mol. The molecular formula is C24H28O5. The van der Waals surface area contributed by atoms with Gasteiger partial charge in [0.2, 0.25) is 0 Å². The maximum absolute atomic E-state index is 13.7. The molecule has 5 heteroatoms. The highest BCUT2D eigenvalue weighted by molar-refractivity contribution is 6.15. The molecule has 0 spiro atoms. The van der Waals surface area contributed by atoms with Crippen LogP contribution < -0.4 is 15.1 Å². The SMILES string of the molecule is CCCc1cc(=O)oc2c3c(c4c(c12)OC(C)(C)C=C4)OC(C)(C)C(C)(C)C3=O. The van der Waals surface area contributed by atoms with Crippen LogP contribution in [0.5, 0.6) is 11.5 Å². The largest absolute Gasteiger partial charge is 0.485 e. The van der Waals surface area contributed by atoms with E-state index in [-0.39, 0.29) is 11.4 Å². The maximum Gasteiger partial charge on any atom is 0.336 e. The van der Waals surface area contributed by atoms with Gasteiger partial charge in [-0.25, -0.2) is 4.79 Å². The zero-order valence-corrected chi connectivity index (χ0v) is 18.2. The van der Waals surface area contributed by atoms with E-state index in [9.17, 15) is 9.59 Å². The first kappa shape index (κ1) is 19.7. The Hall–Kier alpha value is -2.56. The Labute approximate surface area is 170 Å². The summed E-state index contributed by atoms with van der Waals surface area (Å²) in [4.78, 5) is 26.0. The van der Waals surface area contributed by atoms with Crippen LogP contribution in [0.1, 0.15) is 76.4 Å². The van der Waals surface area contributed by atoms with Gasteiger partial charge in [0, 0.05) is 6.07 Å². The number of hydrogen-bond acceptors (Lipinski definition) is 5. The van der Waals surface area contributed by atoms with Crippen LogP contribution in [0.25, 0.3) is 17.0 Å². The van der Waals surface area contributed by atoms with Gasteiger partial charge in [0.15, 0.2) is 11.4 Å². The topological polar surface area (TPSA) is 65.7 Å². The van der Waals surface area contributed by atoms with Crippen LogP contribution in [-0.2, 0) is 6.42 Å². The highest BCUT2D eigenvalue weighted by Crippen LogP contribution is 2.53. The number of carbonyl (C=O) groups excluding carboxylic acids is 1. The van der Waals surface area contributed by atoms with Crippen LogP contribution in [-0.4, -0.2) is 17.0 Å². The van der Waals surface area contributed by atoms with E-state index in [0.717, 1.165) is 17.5 Å². The van der Waals surface area contributed by atoms with Crippen molar-refractivity contribution in [1.82, 2.24) is 0 Å². The van der Waals surface area contributed by atoms with Gasteiger partial charge in [0.05, 0.1) is 16.4 Å². The van der Waals surface area contributed by atoms with E-state index in [1.165, 1.54) is 6.07 Å². The fraction of sp³-hybridized carbons (Fsp3) is 0.500. The predicted octanol–water partition coefficient (Wildman–Crippen LogP) is 5.31. The van der Waals surface area contributed by atoms with E-state index in [1.54, 1.807) is 0 Å². The number of benzene rings is 1. The molecule has 2 aliphatic rings. The summed E-state index contributed by atoms with van der Waals surface area (Å²) in [5.74, 6) is 0.957. The van der Waals surface area contributed by atoms with E-state index in [0.29, 0.717) is 28.9 Å². The quantitative estimate of drug-likeness (QED) is 0.644. The normalized spacial score (nSPS) is 20.6. The summed E-state index contributed by atoms with van der Waals surface area (Å²) in [5.41, 5.74) is -0.347. The molecule has 29 heavy (non-hydrogen) atoms. The van der Waals surface area contributed by atoms with Crippen LogP contribution in [0.3, 0.4) is 0 Å². The van der Waals surface area contributed by atoms with Crippen molar-refractivity contribution < 1.29 is 18.7 Å². The first-order chi connectivity index (χ1) is 13.4. The summed E-state index contributed by atoms with van der Waals surface area (Å²) in [6.45, 7) is 13.5. The zero-order valence-electron chi connectivity index (χ0n) is 18.2. The third kappa shape index (κ3) is 2.74. The van der Waals surface area contributed by atoms with Crippen LogP contribution in [0.15, 0.2) is 21.4 Å². The predicted molar refractivity (Wildman–Crippen MR) is 113 cm³/mol. The second-order valence-corrected chi connectivity index (χ2v) is 9.60. The molecule has 0 amide bonds. The highest BCUT2D eigenvalue weighted by Gasteiger charge is 2.52. The van der Waals surface area contributed by atoms with Gasteiger partial charge in [0.1, 0.15) is 28.3 Å². The van der Waals surface area contributed by atoms with Gasteiger partial charge in [-0.1, -0.05) is 13.3 Å². The summed E-state index contributed by atoms with van der Waals surface area (Å²) in [6.07, 6.45) is 5.46. The van der Waals surface area contributed by atoms with Crippen molar-refractivity contribution in [3.63, 3.8) is 0 Å². The first-order valence-corrected chi connectivity index (χ1v) is 10.2. The number of fused-ring (bicyclic) bond motifs is 6. The summed E-state index contributed by atoms with van der Waals surface area (Å²) in [5, 5.41) is 0.699. The third-order valence-corrected chi connectivity index (χ3v) is 6.41. The Morgan fingerprint density at radius 3 is 2.31 bits per heavy atom. The van der Waals surface area contributed by atoms with Gasteiger partial charge in [-0.15, -0.1) is 0 Å². The number of hydrogen-bond donors (Lipinski definition) is 0. The molecule has 0 N–H and O–H groups in total. The van der Waals surface area contributed by atoms with Crippen LogP contribution in [0.4, 0.5) is 0 Å². The smallest absolute Gasteiger partial charge is 0.336 e. The van der Waals surface area contributed by atoms with Crippen molar-refractivity contribution >= 4 is 22.8 Å². The van der Waals surface area contributed by atoms with E-state index >= 15 is 0 Å². The Morgan fingerprint density at radius 2 is 1.66 bits per heavy atom. The fourth-order valence-corrected chi connectivity index (χ4v) is 4.03. The molecule has 3 heterocycles. The van der Waals surface area contributed by atoms with Gasteiger partial charge >= 0.3 is 5.63 Å². The van der Waals surface area contributed by atoms with E-state index in [4.69, 9.17) is 13.9 Å². The lowest BCUT2D eigenvalue weighted by Crippen LogP contribution is -2.52. The van der Waals surface area contributed by atoms with Crippen molar-refractivity contribution in [2.45, 2.75) is 72.5 Å². The monoisotopic (exact) mass is 396 g/mol. The van der Waals surface area contributed by atoms with Crippen molar-refractivity contribution in [2.24, 2.45) is 5.41 Å². The van der Waals surface area contributed by atoms with Crippen molar-refractivity contribution in [2.75, 3.05) is 0 Å². The molecule has 0 radical (unpaired) electrons. The zero-order chi connectivity index (χ0) is 21.4. The summed E-state index contributed by atoms with van der Waals surface area (Å²) in [7, 11) is 0. The van der Waals surface area contributed by atoms with Gasteiger partial charge in [-0.3, -0.25) is 4.79 Å². The molecule has 0 saturated carbocycles. The Bertz CT molecular complexity index is 1130. The van der Waals surface area contributed by atoms with Gasteiger partial charge in [0.25, 0.3) is 0 Å². The highest BCUT2D eigenvalue weighted by atomic mass is 16.5. The van der Waals surface area contributed by atoms with Gasteiger partial charge in [-0.05, 0) is 65.7 Å². The number of ketones is 1. The van der Waals surface area contributed by atoms with Gasteiger partial charge < -0.3 is 13.9 Å². The second kappa shape index (κ2) is 5.97. The molecule has 0 unspecified atom stereocenters. The number of Topliss-reactive ketones (excluding diaryl/α,β-unsaturated/α-hetero) is 1. The molecule has 0 fully saturated rings. The third-order valence-electron chi connectivity index (χ3n) is 6.41. The molecule has 2 aromatic rings.